The number of rotatable bonds is 10. The van der Waals surface area contributed by atoms with E-state index in [9.17, 15) is 23.4 Å². The molecule has 1 saturated heterocycles. The predicted molar refractivity (Wildman–Crippen MR) is 136 cm³/mol. The van der Waals surface area contributed by atoms with Crippen molar-refractivity contribution in [2.45, 2.75) is 31.5 Å². The van der Waals surface area contributed by atoms with E-state index in [4.69, 9.17) is 5.11 Å². The van der Waals surface area contributed by atoms with Gasteiger partial charge in [0.1, 0.15) is 12.3 Å². The minimum Gasteiger partial charge on any atom is -0.506 e. The van der Waals surface area contributed by atoms with Crippen molar-refractivity contribution in [1.82, 2.24) is 25.5 Å². The van der Waals surface area contributed by atoms with Crippen molar-refractivity contribution in [3.63, 3.8) is 0 Å². The average Bonchev–Trinajstić information content (AvgIpc) is 3.31. The fraction of sp³-hybridized carbons (Fsp3) is 0.391. The van der Waals surface area contributed by atoms with Crippen LogP contribution in [0.15, 0.2) is 42.5 Å². The highest BCUT2D eigenvalue weighted by Crippen LogP contribution is 2.28. The molecule has 0 unspecified atom stereocenters. The Morgan fingerprint density at radius 3 is 2.51 bits per heavy atom. The zero-order chi connectivity index (χ0) is 26.6. The largest absolute Gasteiger partial charge is 0.506 e. The van der Waals surface area contributed by atoms with Crippen molar-refractivity contribution in [3.05, 3.63) is 48.0 Å². The van der Waals surface area contributed by atoms with E-state index in [1.165, 1.54) is 16.8 Å². The molecular weight excluding hydrogens is 502 g/mol. The van der Waals surface area contributed by atoms with Crippen LogP contribution < -0.4 is 14.9 Å². The normalized spacial score (nSPS) is 15.5. The third-order valence-electron chi connectivity index (χ3n) is 6.10. The maximum atomic E-state index is 11.5. The number of tetrazole rings is 1. The van der Waals surface area contributed by atoms with Gasteiger partial charge in [0.25, 0.3) is 0 Å². The van der Waals surface area contributed by atoms with E-state index in [1.54, 1.807) is 6.07 Å². The Bertz CT molecular complexity index is 1340. The molecule has 13 nitrogen and oxygen atoms in total. The van der Waals surface area contributed by atoms with E-state index in [2.05, 4.69) is 30.5 Å². The number of carbonyl (C=O) groups is 1. The first-order valence-electron chi connectivity index (χ1n) is 11.6. The van der Waals surface area contributed by atoms with Crippen LogP contribution in [0.2, 0.25) is 0 Å². The van der Waals surface area contributed by atoms with E-state index < -0.39 is 22.1 Å². The number of nitrogens with one attached hydrogen (secondary N) is 2. The number of phenolic OH excluding ortho intramolecular Hbond substituents is 1. The molecule has 198 valence electrons. The molecule has 3 aromatic rings. The number of hydrogen-bond donors (Lipinski definition) is 5. The summed E-state index contributed by atoms with van der Waals surface area (Å²) < 4.78 is 26.5. The van der Waals surface area contributed by atoms with Crippen LogP contribution in [0.4, 0.5) is 11.4 Å². The highest BCUT2D eigenvalue weighted by molar-refractivity contribution is 7.92. The molecule has 1 atom stereocenters. The fourth-order valence-corrected chi connectivity index (χ4v) is 4.81. The lowest BCUT2D eigenvalue weighted by molar-refractivity contribution is -0.137. The average molecular weight is 532 g/mol. The summed E-state index contributed by atoms with van der Waals surface area (Å²) in [4.78, 5) is 13.2. The number of aliphatic hydroxyl groups excluding tert-OH is 1. The summed E-state index contributed by atoms with van der Waals surface area (Å²) in [5, 5.41) is 44.1. The van der Waals surface area contributed by atoms with Gasteiger partial charge in [0.15, 0.2) is 5.82 Å². The van der Waals surface area contributed by atoms with Gasteiger partial charge in [-0.15, -0.1) is 5.10 Å². The lowest BCUT2D eigenvalue weighted by Gasteiger charge is -2.34. The number of phenols is 1. The molecule has 1 fully saturated rings. The second-order valence-electron chi connectivity index (χ2n) is 8.94. The van der Waals surface area contributed by atoms with Crippen LogP contribution in [0.5, 0.6) is 5.75 Å². The molecule has 0 saturated carbocycles. The van der Waals surface area contributed by atoms with Crippen LogP contribution in [-0.4, -0.2) is 81.8 Å². The molecule has 2 heterocycles. The number of aliphatic carboxylic acids is 1. The van der Waals surface area contributed by atoms with Gasteiger partial charge in [0, 0.05) is 36.9 Å². The molecule has 1 aliphatic heterocycles. The molecule has 1 aromatic heterocycles. The van der Waals surface area contributed by atoms with Crippen LogP contribution in [0.3, 0.4) is 0 Å². The molecule has 0 amide bonds. The Hall–Kier alpha value is -3.75. The lowest BCUT2D eigenvalue weighted by atomic mass is 10.0. The van der Waals surface area contributed by atoms with Gasteiger partial charge in [-0.25, -0.2) is 13.1 Å². The standard InChI is InChI=1S/C23H29N7O6S/c1-37(35,36)26-19-12-16(4-7-20(19)31)21(32)13-24-17-8-10-29(11-9-17)18-5-2-15(3-6-18)23-25-27-28-30(23)14-22(33)34/h2-7,12,17,21,24,26,31-32H,8-11,13-14H2,1H3,(H,33,34)/t21-/m0/s1. The quantitative estimate of drug-likeness (QED) is 0.233. The van der Waals surface area contributed by atoms with Crippen molar-refractivity contribution in [2.75, 3.05) is 35.5 Å². The Kier molecular flexibility index (Phi) is 7.90. The number of aromatic nitrogens is 4. The molecule has 4 rings (SSSR count). The molecule has 14 heteroatoms. The first kappa shape index (κ1) is 26.3. The van der Waals surface area contributed by atoms with Gasteiger partial charge >= 0.3 is 5.97 Å². The summed E-state index contributed by atoms with van der Waals surface area (Å²) in [5.74, 6) is -0.845. The molecular formula is C23H29N7O6S. The van der Waals surface area contributed by atoms with Crippen molar-refractivity contribution in [2.24, 2.45) is 0 Å². The van der Waals surface area contributed by atoms with E-state index in [0.29, 0.717) is 11.4 Å². The van der Waals surface area contributed by atoms with Crippen LogP contribution in [-0.2, 0) is 21.4 Å². The Labute approximate surface area is 213 Å². The van der Waals surface area contributed by atoms with Crippen molar-refractivity contribution >= 4 is 27.4 Å². The van der Waals surface area contributed by atoms with E-state index in [0.717, 1.165) is 43.4 Å². The van der Waals surface area contributed by atoms with E-state index in [1.807, 2.05) is 24.3 Å². The van der Waals surface area contributed by atoms with E-state index in [-0.39, 0.29) is 30.6 Å². The summed E-state index contributed by atoms with van der Waals surface area (Å²) in [6.07, 6.45) is 1.85. The SMILES string of the molecule is CS(=O)(=O)Nc1cc([C@@H](O)CNC2CCN(c3ccc(-c4nnnn4CC(=O)O)cc3)CC2)ccc1O. The summed E-state index contributed by atoms with van der Waals surface area (Å²) in [6.45, 7) is 1.59. The Morgan fingerprint density at radius 1 is 1.16 bits per heavy atom. The van der Waals surface area contributed by atoms with Crippen molar-refractivity contribution < 1.29 is 28.5 Å². The number of carboxylic acid groups (broad SMARTS) is 1. The predicted octanol–water partition coefficient (Wildman–Crippen LogP) is 0.794. The topological polar surface area (TPSA) is 183 Å². The third kappa shape index (κ3) is 6.93. The van der Waals surface area contributed by atoms with Gasteiger partial charge in [-0.3, -0.25) is 9.52 Å². The molecule has 2 aromatic carbocycles. The molecule has 0 bridgehead atoms. The summed E-state index contributed by atoms with van der Waals surface area (Å²) in [7, 11) is -3.56. The van der Waals surface area contributed by atoms with Gasteiger partial charge in [-0.2, -0.15) is 0 Å². The van der Waals surface area contributed by atoms with Gasteiger partial charge in [-0.05, 0) is 65.2 Å². The molecule has 1 aliphatic rings. The molecule has 5 N–H and O–H groups in total. The van der Waals surface area contributed by atoms with Crippen LogP contribution in [0, 0.1) is 0 Å². The molecule has 0 aliphatic carbocycles. The number of aliphatic hydroxyl groups is 1. The Morgan fingerprint density at radius 2 is 1.86 bits per heavy atom. The first-order chi connectivity index (χ1) is 17.6. The summed E-state index contributed by atoms with van der Waals surface area (Å²) in [5.41, 5.74) is 2.28. The number of carboxylic acids is 1. The minimum absolute atomic E-state index is 0.0248. The first-order valence-corrected chi connectivity index (χ1v) is 13.5. The zero-order valence-electron chi connectivity index (χ0n) is 20.1. The van der Waals surface area contributed by atoms with Gasteiger partial charge in [0.05, 0.1) is 18.0 Å². The number of sulfonamides is 1. The number of anilines is 2. The smallest absolute Gasteiger partial charge is 0.325 e. The van der Waals surface area contributed by atoms with E-state index >= 15 is 0 Å². The number of nitrogens with zero attached hydrogens (tertiary/aromatic N) is 5. The summed E-state index contributed by atoms with van der Waals surface area (Å²) >= 11 is 0. The number of aromatic hydroxyl groups is 1. The maximum absolute atomic E-state index is 11.5. The third-order valence-corrected chi connectivity index (χ3v) is 6.69. The molecule has 0 radical (unpaired) electrons. The second kappa shape index (κ2) is 11.1. The number of hydrogen-bond acceptors (Lipinski definition) is 10. The van der Waals surface area contributed by atoms with Gasteiger partial charge in [-0.1, -0.05) is 6.07 Å². The molecule has 0 spiro atoms. The monoisotopic (exact) mass is 531 g/mol. The fourth-order valence-electron chi connectivity index (χ4n) is 4.25. The van der Waals surface area contributed by atoms with Crippen LogP contribution in [0.25, 0.3) is 11.4 Å². The Balaban J connectivity index is 1.29. The molecule has 37 heavy (non-hydrogen) atoms. The van der Waals surface area contributed by atoms with Crippen molar-refractivity contribution in [3.8, 4) is 17.1 Å². The van der Waals surface area contributed by atoms with Crippen LogP contribution >= 0.6 is 0 Å². The number of piperidine rings is 1. The highest BCUT2D eigenvalue weighted by atomic mass is 32.2. The number of benzene rings is 2. The van der Waals surface area contributed by atoms with Crippen LogP contribution in [0.1, 0.15) is 24.5 Å². The highest BCUT2D eigenvalue weighted by Gasteiger charge is 2.21. The zero-order valence-corrected chi connectivity index (χ0v) is 21.0. The van der Waals surface area contributed by atoms with Gasteiger partial charge < -0.3 is 25.5 Å². The van der Waals surface area contributed by atoms with Crippen molar-refractivity contribution in [1.29, 1.82) is 0 Å². The lowest BCUT2D eigenvalue weighted by Crippen LogP contribution is -2.43. The minimum atomic E-state index is -3.56. The van der Waals surface area contributed by atoms with Gasteiger partial charge in [0.2, 0.25) is 10.0 Å². The summed E-state index contributed by atoms with van der Waals surface area (Å²) in [6, 6.07) is 12.2. The maximum Gasteiger partial charge on any atom is 0.325 e. The second-order valence-corrected chi connectivity index (χ2v) is 10.7.